The predicted molar refractivity (Wildman–Crippen MR) is 81.7 cm³/mol. The van der Waals surface area contributed by atoms with E-state index >= 15 is 0 Å². The van der Waals surface area contributed by atoms with E-state index in [1.54, 1.807) is 29.5 Å². The van der Waals surface area contributed by atoms with Crippen LogP contribution in [0.2, 0.25) is 0 Å². The summed E-state index contributed by atoms with van der Waals surface area (Å²) < 4.78 is 1.85. The number of benzene rings is 1. The second kappa shape index (κ2) is 5.86. The van der Waals surface area contributed by atoms with Crippen LogP contribution in [0.25, 0.3) is 0 Å². The number of hydrogen-bond donors (Lipinski definition) is 2. The highest BCUT2D eigenvalue weighted by Gasteiger charge is 2.07. The molecule has 2 rings (SSSR count). The van der Waals surface area contributed by atoms with E-state index in [4.69, 9.17) is 5.73 Å². The molecule has 3 nitrogen and oxygen atoms in total. The van der Waals surface area contributed by atoms with E-state index in [9.17, 15) is 4.79 Å². The average molecular weight is 390 g/mol. The van der Waals surface area contributed by atoms with Crippen molar-refractivity contribution in [2.45, 2.75) is 6.54 Å². The first-order valence-electron chi connectivity index (χ1n) is 5.13. The van der Waals surface area contributed by atoms with Crippen molar-refractivity contribution in [2.24, 2.45) is 0 Å². The SMILES string of the molecule is Nc1cc(Br)cc(C(=O)NCc2ccc(Br)s2)c1. The first-order valence-corrected chi connectivity index (χ1v) is 7.53. The normalized spacial score (nSPS) is 10.3. The number of rotatable bonds is 3. The van der Waals surface area contributed by atoms with E-state index in [1.807, 2.05) is 12.1 Å². The minimum atomic E-state index is -0.132. The number of amides is 1. The van der Waals surface area contributed by atoms with Crippen LogP contribution in [0, 0.1) is 0 Å². The Balaban J connectivity index is 2.03. The maximum absolute atomic E-state index is 11.9. The van der Waals surface area contributed by atoms with Crippen molar-refractivity contribution in [3.05, 3.63) is 49.0 Å². The highest BCUT2D eigenvalue weighted by atomic mass is 79.9. The van der Waals surface area contributed by atoms with Crippen LogP contribution in [-0.4, -0.2) is 5.91 Å². The van der Waals surface area contributed by atoms with Crippen LogP contribution in [0.1, 0.15) is 15.2 Å². The fourth-order valence-electron chi connectivity index (χ4n) is 1.46. The molecule has 3 N–H and O–H groups in total. The Morgan fingerprint density at radius 1 is 1.28 bits per heavy atom. The second-order valence-corrected chi connectivity index (χ2v) is 7.12. The van der Waals surface area contributed by atoms with Crippen LogP contribution < -0.4 is 11.1 Å². The molecule has 18 heavy (non-hydrogen) atoms. The molecular weight excluding hydrogens is 380 g/mol. The largest absolute Gasteiger partial charge is 0.399 e. The predicted octanol–water partition coefficient (Wildman–Crippen LogP) is 3.79. The molecule has 0 saturated carbocycles. The number of nitrogen functional groups attached to an aromatic ring is 1. The lowest BCUT2D eigenvalue weighted by atomic mass is 10.2. The summed E-state index contributed by atoms with van der Waals surface area (Å²) >= 11 is 8.30. The monoisotopic (exact) mass is 388 g/mol. The summed E-state index contributed by atoms with van der Waals surface area (Å²) in [5.41, 5.74) is 6.81. The van der Waals surface area contributed by atoms with Gasteiger partial charge in [0.1, 0.15) is 0 Å². The third-order valence-electron chi connectivity index (χ3n) is 2.23. The fraction of sp³-hybridized carbons (Fsp3) is 0.0833. The number of hydrogen-bond acceptors (Lipinski definition) is 3. The molecule has 0 unspecified atom stereocenters. The first-order chi connectivity index (χ1) is 8.54. The van der Waals surface area contributed by atoms with Crippen molar-refractivity contribution in [2.75, 3.05) is 5.73 Å². The summed E-state index contributed by atoms with van der Waals surface area (Å²) in [4.78, 5) is 13.0. The fourth-order valence-corrected chi connectivity index (χ4v) is 3.39. The van der Waals surface area contributed by atoms with E-state index < -0.39 is 0 Å². The molecule has 2 aromatic rings. The van der Waals surface area contributed by atoms with Crippen LogP contribution in [0.4, 0.5) is 5.69 Å². The van der Waals surface area contributed by atoms with Crippen LogP contribution in [0.3, 0.4) is 0 Å². The van der Waals surface area contributed by atoms with Crippen molar-refractivity contribution in [1.82, 2.24) is 5.32 Å². The second-order valence-electron chi connectivity index (χ2n) is 3.66. The minimum Gasteiger partial charge on any atom is -0.399 e. The zero-order chi connectivity index (χ0) is 13.1. The van der Waals surface area contributed by atoms with Gasteiger partial charge in [0.2, 0.25) is 0 Å². The molecule has 0 aliphatic rings. The lowest BCUT2D eigenvalue weighted by molar-refractivity contribution is 0.0951. The van der Waals surface area contributed by atoms with Crippen LogP contribution in [0.5, 0.6) is 0 Å². The molecule has 0 aliphatic carbocycles. The Labute approximate surface area is 126 Å². The third kappa shape index (κ3) is 3.57. The highest BCUT2D eigenvalue weighted by Crippen LogP contribution is 2.22. The molecule has 0 saturated heterocycles. The van der Waals surface area contributed by atoms with Gasteiger partial charge in [-0.25, -0.2) is 0 Å². The Bertz CT molecular complexity index is 563. The summed E-state index contributed by atoms with van der Waals surface area (Å²) in [6.07, 6.45) is 0. The van der Waals surface area contributed by atoms with E-state index in [0.717, 1.165) is 13.1 Å². The maximum atomic E-state index is 11.9. The number of thiophene rings is 1. The van der Waals surface area contributed by atoms with Crippen molar-refractivity contribution >= 4 is 54.8 Å². The molecule has 1 aromatic carbocycles. The molecule has 1 heterocycles. The first kappa shape index (κ1) is 13.6. The van der Waals surface area contributed by atoms with Crippen molar-refractivity contribution in [3.63, 3.8) is 0 Å². The molecule has 1 aromatic heterocycles. The van der Waals surface area contributed by atoms with Gasteiger partial charge in [-0.05, 0) is 46.3 Å². The summed E-state index contributed by atoms with van der Waals surface area (Å²) in [7, 11) is 0. The average Bonchev–Trinajstić information content (AvgIpc) is 2.70. The Morgan fingerprint density at radius 2 is 2.06 bits per heavy atom. The van der Waals surface area contributed by atoms with Gasteiger partial charge >= 0.3 is 0 Å². The lowest BCUT2D eigenvalue weighted by Crippen LogP contribution is -2.22. The zero-order valence-electron chi connectivity index (χ0n) is 9.24. The number of halogens is 2. The number of nitrogens with one attached hydrogen (secondary N) is 1. The summed E-state index contributed by atoms with van der Waals surface area (Å²) in [5, 5.41) is 2.86. The molecule has 0 aliphatic heterocycles. The Hall–Kier alpha value is -0.850. The lowest BCUT2D eigenvalue weighted by Gasteiger charge is -2.05. The highest BCUT2D eigenvalue weighted by molar-refractivity contribution is 9.11. The molecule has 0 atom stereocenters. The summed E-state index contributed by atoms with van der Waals surface area (Å²) in [6.45, 7) is 0.515. The van der Waals surface area contributed by atoms with Gasteiger partial charge in [0, 0.05) is 20.6 Å². The molecule has 0 fully saturated rings. The Kier molecular flexibility index (Phi) is 4.42. The van der Waals surface area contributed by atoms with E-state index in [1.165, 1.54) is 0 Å². The number of carbonyl (C=O) groups is 1. The summed E-state index contributed by atoms with van der Waals surface area (Å²) in [5.74, 6) is -0.132. The van der Waals surface area contributed by atoms with Crippen LogP contribution >= 0.6 is 43.2 Å². The van der Waals surface area contributed by atoms with Gasteiger partial charge in [-0.3, -0.25) is 4.79 Å². The van der Waals surface area contributed by atoms with Gasteiger partial charge in [-0.2, -0.15) is 0 Å². The molecule has 0 spiro atoms. The minimum absolute atomic E-state index is 0.132. The molecule has 6 heteroatoms. The van der Waals surface area contributed by atoms with Crippen molar-refractivity contribution < 1.29 is 4.79 Å². The van der Waals surface area contributed by atoms with Crippen LogP contribution in [0.15, 0.2) is 38.6 Å². The van der Waals surface area contributed by atoms with E-state index in [2.05, 4.69) is 37.2 Å². The van der Waals surface area contributed by atoms with E-state index in [-0.39, 0.29) is 5.91 Å². The summed E-state index contributed by atoms with van der Waals surface area (Å²) in [6, 6.07) is 9.10. The molecule has 1 amide bonds. The molecule has 0 bridgehead atoms. The van der Waals surface area contributed by atoms with Gasteiger partial charge in [0.15, 0.2) is 0 Å². The number of nitrogens with two attached hydrogens (primary N) is 1. The van der Waals surface area contributed by atoms with Gasteiger partial charge in [-0.15, -0.1) is 11.3 Å². The standard InChI is InChI=1S/C12H10Br2N2OS/c13-8-3-7(4-9(15)5-8)12(17)16-6-10-1-2-11(14)18-10/h1-5H,6,15H2,(H,16,17). The van der Waals surface area contributed by atoms with Crippen molar-refractivity contribution in [1.29, 1.82) is 0 Å². The number of carbonyl (C=O) groups excluding carboxylic acids is 1. The molecule has 0 radical (unpaired) electrons. The van der Waals surface area contributed by atoms with E-state index in [0.29, 0.717) is 17.8 Å². The van der Waals surface area contributed by atoms with Gasteiger partial charge in [0.05, 0.1) is 10.3 Å². The topological polar surface area (TPSA) is 55.1 Å². The molecule has 94 valence electrons. The van der Waals surface area contributed by atoms with Crippen molar-refractivity contribution in [3.8, 4) is 0 Å². The number of anilines is 1. The molecular formula is C12H10Br2N2OS. The maximum Gasteiger partial charge on any atom is 0.251 e. The smallest absolute Gasteiger partial charge is 0.251 e. The van der Waals surface area contributed by atoms with Gasteiger partial charge in [-0.1, -0.05) is 15.9 Å². The van der Waals surface area contributed by atoms with Gasteiger partial charge < -0.3 is 11.1 Å². The van der Waals surface area contributed by atoms with Gasteiger partial charge in [0.25, 0.3) is 5.91 Å². The quantitative estimate of drug-likeness (QED) is 0.784. The zero-order valence-corrected chi connectivity index (χ0v) is 13.2. The van der Waals surface area contributed by atoms with Crippen LogP contribution in [-0.2, 0) is 6.54 Å². The third-order valence-corrected chi connectivity index (χ3v) is 4.32. The Morgan fingerprint density at radius 3 is 2.67 bits per heavy atom.